The fourth-order valence-electron chi connectivity index (χ4n) is 4.85. The van der Waals surface area contributed by atoms with E-state index in [0.717, 1.165) is 32.0 Å². The third kappa shape index (κ3) is 5.15. The van der Waals surface area contributed by atoms with Gasteiger partial charge in [-0.1, -0.05) is 19.3 Å². The molecular weight excluding hydrogens is 400 g/mol. The van der Waals surface area contributed by atoms with Gasteiger partial charge in [-0.3, -0.25) is 24.6 Å². The van der Waals surface area contributed by atoms with Crippen molar-refractivity contribution >= 4 is 23.2 Å². The number of amides is 2. The standard InChI is InChI=1S/C22H30N4O5/c27-21(24-10-4-9-23(11-12-24)14-17-5-2-1-3-6-17)15-25-19-13-18(26(29)30)7-8-20(19)31-16-22(25)28/h7-8,13,17H,1-6,9-12,14-16H2. The Morgan fingerprint density at radius 3 is 2.68 bits per heavy atom. The minimum atomic E-state index is -0.519. The second-order valence-electron chi connectivity index (χ2n) is 8.72. The molecular formula is C22H30N4O5. The minimum absolute atomic E-state index is 0.126. The van der Waals surface area contributed by atoms with Crippen molar-refractivity contribution in [3.8, 4) is 5.75 Å². The molecule has 0 aromatic heterocycles. The highest BCUT2D eigenvalue weighted by Gasteiger charge is 2.31. The van der Waals surface area contributed by atoms with E-state index < -0.39 is 4.92 Å². The van der Waals surface area contributed by atoms with E-state index in [0.29, 0.717) is 18.8 Å². The Kier molecular flexibility index (Phi) is 6.70. The molecule has 9 heteroatoms. The van der Waals surface area contributed by atoms with E-state index in [1.165, 1.54) is 55.2 Å². The molecule has 0 atom stereocenters. The molecule has 1 aromatic carbocycles. The van der Waals surface area contributed by atoms with Crippen LogP contribution in [0.3, 0.4) is 0 Å². The van der Waals surface area contributed by atoms with Crippen LogP contribution in [-0.2, 0) is 9.59 Å². The van der Waals surface area contributed by atoms with Crippen molar-refractivity contribution < 1.29 is 19.2 Å². The van der Waals surface area contributed by atoms with Crippen LogP contribution in [0.5, 0.6) is 5.75 Å². The van der Waals surface area contributed by atoms with Crippen LogP contribution in [0.1, 0.15) is 38.5 Å². The highest BCUT2D eigenvalue weighted by atomic mass is 16.6. The second kappa shape index (κ2) is 9.64. The molecule has 2 amide bonds. The number of nitrogens with zero attached hydrogens (tertiary/aromatic N) is 4. The third-order valence-electron chi connectivity index (χ3n) is 6.57. The first-order valence-electron chi connectivity index (χ1n) is 11.2. The average Bonchev–Trinajstić information content (AvgIpc) is 3.01. The molecule has 1 saturated heterocycles. The largest absolute Gasteiger partial charge is 0.482 e. The van der Waals surface area contributed by atoms with E-state index in [2.05, 4.69) is 4.90 Å². The molecule has 2 heterocycles. The van der Waals surface area contributed by atoms with E-state index in [-0.39, 0.29) is 36.3 Å². The van der Waals surface area contributed by atoms with Crippen LogP contribution < -0.4 is 9.64 Å². The summed E-state index contributed by atoms with van der Waals surface area (Å²) in [4.78, 5) is 41.7. The molecule has 0 N–H and O–H groups in total. The van der Waals surface area contributed by atoms with Gasteiger partial charge in [-0.25, -0.2) is 0 Å². The van der Waals surface area contributed by atoms with Crippen molar-refractivity contribution in [2.45, 2.75) is 38.5 Å². The van der Waals surface area contributed by atoms with Crippen molar-refractivity contribution in [1.82, 2.24) is 9.80 Å². The molecule has 4 rings (SSSR count). The van der Waals surface area contributed by atoms with E-state index in [4.69, 9.17) is 4.74 Å². The van der Waals surface area contributed by atoms with Gasteiger partial charge in [0.15, 0.2) is 6.61 Å². The Hall–Kier alpha value is -2.68. The quantitative estimate of drug-likeness (QED) is 0.526. The Morgan fingerprint density at radius 2 is 1.90 bits per heavy atom. The molecule has 2 aliphatic heterocycles. The second-order valence-corrected chi connectivity index (χ2v) is 8.72. The normalized spacial score (nSPS) is 20.7. The van der Waals surface area contributed by atoms with Gasteiger partial charge in [-0.15, -0.1) is 0 Å². The van der Waals surface area contributed by atoms with E-state index >= 15 is 0 Å². The van der Waals surface area contributed by atoms with Crippen LogP contribution in [0.2, 0.25) is 0 Å². The van der Waals surface area contributed by atoms with E-state index in [9.17, 15) is 19.7 Å². The Balaban J connectivity index is 1.38. The zero-order valence-corrected chi connectivity index (χ0v) is 17.8. The summed E-state index contributed by atoms with van der Waals surface area (Å²) >= 11 is 0. The number of fused-ring (bicyclic) bond motifs is 1. The van der Waals surface area contributed by atoms with Gasteiger partial charge >= 0.3 is 0 Å². The number of carbonyl (C=O) groups excluding carboxylic acids is 2. The topological polar surface area (TPSA) is 96.2 Å². The van der Waals surface area contributed by atoms with Gasteiger partial charge in [0.05, 0.1) is 10.6 Å². The van der Waals surface area contributed by atoms with Gasteiger partial charge in [-0.2, -0.15) is 0 Å². The summed E-state index contributed by atoms with van der Waals surface area (Å²) < 4.78 is 5.39. The van der Waals surface area contributed by atoms with Crippen LogP contribution in [0.4, 0.5) is 11.4 Å². The van der Waals surface area contributed by atoms with Crippen LogP contribution in [-0.4, -0.2) is 72.4 Å². The maximum atomic E-state index is 13.0. The van der Waals surface area contributed by atoms with Crippen molar-refractivity contribution in [2.75, 3.05) is 50.8 Å². The number of anilines is 1. The summed E-state index contributed by atoms with van der Waals surface area (Å²) in [6.45, 7) is 3.96. The summed E-state index contributed by atoms with van der Waals surface area (Å²) in [5.41, 5.74) is 0.148. The zero-order valence-electron chi connectivity index (χ0n) is 17.8. The van der Waals surface area contributed by atoms with Crippen molar-refractivity contribution in [3.05, 3.63) is 28.3 Å². The molecule has 0 unspecified atom stereocenters. The molecule has 1 saturated carbocycles. The number of ether oxygens (including phenoxy) is 1. The fourth-order valence-corrected chi connectivity index (χ4v) is 4.85. The molecule has 3 aliphatic rings. The lowest BCUT2D eigenvalue weighted by atomic mass is 9.89. The summed E-state index contributed by atoms with van der Waals surface area (Å²) in [6.07, 6.45) is 7.54. The molecule has 2 fully saturated rings. The number of nitro benzene ring substituents is 1. The number of benzene rings is 1. The van der Waals surface area contributed by atoms with Crippen molar-refractivity contribution in [3.63, 3.8) is 0 Å². The molecule has 31 heavy (non-hydrogen) atoms. The lowest BCUT2D eigenvalue weighted by Crippen LogP contribution is -2.47. The lowest BCUT2D eigenvalue weighted by molar-refractivity contribution is -0.384. The highest BCUT2D eigenvalue weighted by molar-refractivity contribution is 6.02. The van der Waals surface area contributed by atoms with Gasteiger partial charge in [-0.05, 0) is 37.8 Å². The number of carbonyl (C=O) groups is 2. The van der Waals surface area contributed by atoms with Crippen LogP contribution in [0.25, 0.3) is 0 Å². The molecule has 168 valence electrons. The van der Waals surface area contributed by atoms with Crippen LogP contribution in [0, 0.1) is 16.0 Å². The van der Waals surface area contributed by atoms with Gasteiger partial charge in [0, 0.05) is 38.3 Å². The average molecular weight is 431 g/mol. The first-order valence-corrected chi connectivity index (χ1v) is 11.2. The van der Waals surface area contributed by atoms with Crippen LogP contribution >= 0.6 is 0 Å². The summed E-state index contributed by atoms with van der Waals surface area (Å²) in [6, 6.07) is 4.12. The van der Waals surface area contributed by atoms with Gasteiger partial charge in [0.25, 0.3) is 11.6 Å². The predicted molar refractivity (Wildman–Crippen MR) is 115 cm³/mol. The number of non-ortho nitro benzene ring substituents is 1. The summed E-state index contributed by atoms with van der Waals surface area (Å²) in [5, 5.41) is 11.1. The molecule has 0 spiro atoms. The first kappa shape index (κ1) is 21.5. The van der Waals surface area contributed by atoms with Gasteiger partial charge < -0.3 is 14.5 Å². The fraction of sp³-hybridized carbons (Fsp3) is 0.636. The lowest BCUT2D eigenvalue weighted by Gasteiger charge is -2.31. The number of nitro groups is 1. The Labute approximate surface area is 182 Å². The molecule has 1 aromatic rings. The van der Waals surface area contributed by atoms with Crippen molar-refractivity contribution in [1.29, 1.82) is 0 Å². The first-order chi connectivity index (χ1) is 15.0. The highest BCUT2D eigenvalue weighted by Crippen LogP contribution is 2.35. The van der Waals surface area contributed by atoms with E-state index in [1.807, 2.05) is 4.90 Å². The molecule has 0 bridgehead atoms. The maximum Gasteiger partial charge on any atom is 0.271 e. The SMILES string of the molecule is O=C(CN1C(=O)COc2ccc([N+](=O)[O-])cc21)N1CCCN(CC2CCCCC2)CC1. The number of hydrogen-bond donors (Lipinski definition) is 0. The Bertz CT molecular complexity index is 839. The van der Waals surface area contributed by atoms with Gasteiger partial charge in [0.1, 0.15) is 12.3 Å². The third-order valence-corrected chi connectivity index (χ3v) is 6.57. The minimum Gasteiger partial charge on any atom is -0.482 e. The maximum absolute atomic E-state index is 13.0. The number of hydrogen-bond acceptors (Lipinski definition) is 6. The summed E-state index contributed by atoms with van der Waals surface area (Å²) in [5.74, 6) is 0.657. The molecule has 9 nitrogen and oxygen atoms in total. The molecule has 1 aliphatic carbocycles. The smallest absolute Gasteiger partial charge is 0.271 e. The monoisotopic (exact) mass is 430 g/mol. The van der Waals surface area contributed by atoms with E-state index in [1.54, 1.807) is 0 Å². The zero-order chi connectivity index (χ0) is 21.8. The predicted octanol–water partition coefficient (Wildman–Crippen LogP) is 2.43. The van der Waals surface area contributed by atoms with Crippen LogP contribution in [0.15, 0.2) is 18.2 Å². The van der Waals surface area contributed by atoms with Crippen molar-refractivity contribution in [2.24, 2.45) is 5.92 Å². The summed E-state index contributed by atoms with van der Waals surface area (Å²) in [7, 11) is 0. The Morgan fingerprint density at radius 1 is 1.10 bits per heavy atom. The number of rotatable bonds is 5. The van der Waals surface area contributed by atoms with Gasteiger partial charge in [0.2, 0.25) is 5.91 Å². The molecule has 0 radical (unpaired) electrons.